The molecule has 0 spiro atoms. The number of aromatic nitrogens is 1. The van der Waals surface area contributed by atoms with Gasteiger partial charge in [-0.05, 0) is 36.7 Å². The number of hydrogen-bond acceptors (Lipinski definition) is 5. The second kappa shape index (κ2) is 5.71. The molecule has 2 rings (SSSR count). The number of methoxy groups -OCH3 is 2. The number of ether oxygens (including phenoxy) is 2. The van der Waals surface area contributed by atoms with Gasteiger partial charge in [0.25, 0.3) is 5.91 Å². The van der Waals surface area contributed by atoms with Gasteiger partial charge in [-0.1, -0.05) is 0 Å². The van der Waals surface area contributed by atoms with Crippen molar-refractivity contribution < 1.29 is 14.3 Å². The van der Waals surface area contributed by atoms with Gasteiger partial charge in [-0.25, -0.2) is 0 Å². The molecule has 0 aliphatic heterocycles. The Labute approximate surface area is 115 Å². The molecule has 1 aromatic heterocycles. The smallest absolute Gasteiger partial charge is 0.260 e. The van der Waals surface area contributed by atoms with Crippen molar-refractivity contribution in [3.8, 4) is 11.5 Å². The molecule has 1 heterocycles. The second-order valence-corrected chi connectivity index (χ2v) is 4.66. The molecule has 6 heteroatoms. The highest BCUT2D eigenvalue weighted by molar-refractivity contribution is 7.10. The number of amides is 1. The van der Waals surface area contributed by atoms with E-state index in [4.69, 9.17) is 9.47 Å². The highest BCUT2D eigenvalue weighted by Crippen LogP contribution is 2.26. The van der Waals surface area contributed by atoms with Gasteiger partial charge in [-0.3, -0.25) is 4.79 Å². The Morgan fingerprint density at radius 3 is 2.63 bits per heavy atom. The number of nitrogens with one attached hydrogen (secondary N) is 1. The van der Waals surface area contributed by atoms with Gasteiger partial charge in [0.15, 0.2) is 0 Å². The summed E-state index contributed by atoms with van der Waals surface area (Å²) in [6.07, 6.45) is 0. The predicted octanol–water partition coefficient (Wildman–Crippen LogP) is 2.72. The van der Waals surface area contributed by atoms with Crippen LogP contribution in [0.2, 0.25) is 0 Å². The summed E-state index contributed by atoms with van der Waals surface area (Å²) < 4.78 is 14.4. The molecule has 2 aromatic rings. The fourth-order valence-electron chi connectivity index (χ4n) is 1.59. The molecular formula is C13H14N2O3S. The number of carbonyl (C=O) groups is 1. The number of hydrogen-bond donors (Lipinski definition) is 1. The highest BCUT2D eigenvalue weighted by Gasteiger charge is 2.14. The number of aryl methyl sites for hydroxylation is 1. The first-order chi connectivity index (χ1) is 9.13. The maximum atomic E-state index is 12.1. The van der Waals surface area contributed by atoms with Crippen LogP contribution in [0.5, 0.6) is 11.5 Å². The zero-order chi connectivity index (χ0) is 13.8. The van der Waals surface area contributed by atoms with Crippen LogP contribution in [0.15, 0.2) is 24.3 Å². The number of benzene rings is 1. The van der Waals surface area contributed by atoms with Crippen molar-refractivity contribution in [2.45, 2.75) is 6.92 Å². The monoisotopic (exact) mass is 278 g/mol. The van der Waals surface area contributed by atoms with Gasteiger partial charge in [0.2, 0.25) is 0 Å². The molecule has 19 heavy (non-hydrogen) atoms. The van der Waals surface area contributed by atoms with Crippen LogP contribution in [0.3, 0.4) is 0 Å². The summed E-state index contributed by atoms with van der Waals surface area (Å²) in [6.45, 7) is 1.88. The summed E-state index contributed by atoms with van der Waals surface area (Å²) in [5.41, 5.74) is 1.33. The zero-order valence-electron chi connectivity index (χ0n) is 10.9. The Morgan fingerprint density at radius 2 is 2.05 bits per heavy atom. The van der Waals surface area contributed by atoms with Crippen molar-refractivity contribution in [3.63, 3.8) is 0 Å². The van der Waals surface area contributed by atoms with Crippen molar-refractivity contribution in [1.82, 2.24) is 4.37 Å². The van der Waals surface area contributed by atoms with Crippen LogP contribution in [-0.4, -0.2) is 24.5 Å². The summed E-state index contributed by atoms with van der Waals surface area (Å²) in [7, 11) is 3.08. The van der Waals surface area contributed by atoms with Gasteiger partial charge >= 0.3 is 0 Å². The Balaban J connectivity index is 2.23. The number of nitrogens with zero attached hydrogens (tertiary/aromatic N) is 1. The third-order valence-electron chi connectivity index (χ3n) is 2.52. The van der Waals surface area contributed by atoms with Gasteiger partial charge < -0.3 is 14.8 Å². The quantitative estimate of drug-likeness (QED) is 0.934. The summed E-state index contributed by atoms with van der Waals surface area (Å²) in [4.78, 5) is 12.1. The number of anilines is 1. The standard InChI is InChI=1S/C13H14N2O3S/c1-8-6-12(19-15-8)14-13(16)10-5-4-9(17-2)7-11(10)18-3/h4-7H,1-3H3,(H,14,16). The SMILES string of the molecule is COc1ccc(C(=O)Nc2cc(C)ns2)c(OC)c1. The molecule has 0 aliphatic rings. The summed E-state index contributed by atoms with van der Waals surface area (Å²) in [6, 6.07) is 6.88. The van der Waals surface area contributed by atoms with E-state index in [1.54, 1.807) is 25.3 Å². The molecule has 5 nitrogen and oxygen atoms in total. The molecule has 100 valence electrons. The molecule has 0 aliphatic carbocycles. The topological polar surface area (TPSA) is 60.5 Å². The lowest BCUT2D eigenvalue weighted by molar-refractivity contribution is 0.102. The predicted molar refractivity (Wildman–Crippen MR) is 74.4 cm³/mol. The van der Waals surface area contributed by atoms with Crippen LogP contribution in [0, 0.1) is 6.92 Å². The van der Waals surface area contributed by atoms with E-state index in [0.717, 1.165) is 5.69 Å². The third-order valence-corrected chi connectivity index (χ3v) is 3.31. The van der Waals surface area contributed by atoms with E-state index in [1.165, 1.54) is 18.6 Å². The highest BCUT2D eigenvalue weighted by atomic mass is 32.1. The van der Waals surface area contributed by atoms with Gasteiger partial charge in [0.1, 0.15) is 16.5 Å². The third kappa shape index (κ3) is 3.03. The molecule has 1 aromatic carbocycles. The van der Waals surface area contributed by atoms with Crippen molar-refractivity contribution in [3.05, 3.63) is 35.5 Å². The summed E-state index contributed by atoms with van der Waals surface area (Å²) >= 11 is 1.25. The van der Waals surface area contributed by atoms with E-state index in [1.807, 2.05) is 13.0 Å². The van der Waals surface area contributed by atoms with Crippen LogP contribution in [0.1, 0.15) is 16.1 Å². The molecule has 1 amide bonds. The van der Waals surface area contributed by atoms with E-state index in [0.29, 0.717) is 22.1 Å². The number of rotatable bonds is 4. The fourth-order valence-corrected chi connectivity index (χ4v) is 2.24. The van der Waals surface area contributed by atoms with Crippen LogP contribution in [0.25, 0.3) is 0 Å². The maximum Gasteiger partial charge on any atom is 0.260 e. The Bertz CT molecular complexity index is 595. The van der Waals surface area contributed by atoms with Gasteiger partial charge in [-0.15, -0.1) is 0 Å². The number of carbonyl (C=O) groups excluding carboxylic acids is 1. The molecule has 1 N–H and O–H groups in total. The minimum Gasteiger partial charge on any atom is -0.497 e. The first-order valence-electron chi connectivity index (χ1n) is 5.60. The van der Waals surface area contributed by atoms with Crippen LogP contribution in [0.4, 0.5) is 5.00 Å². The second-order valence-electron chi connectivity index (χ2n) is 3.85. The minimum atomic E-state index is -0.233. The molecule has 0 atom stereocenters. The van der Waals surface area contributed by atoms with E-state index in [9.17, 15) is 4.79 Å². The Morgan fingerprint density at radius 1 is 1.26 bits per heavy atom. The van der Waals surface area contributed by atoms with Gasteiger partial charge in [-0.2, -0.15) is 4.37 Å². The lowest BCUT2D eigenvalue weighted by atomic mass is 10.2. The summed E-state index contributed by atoms with van der Waals surface area (Å²) in [5.74, 6) is 0.878. The van der Waals surface area contributed by atoms with Gasteiger partial charge in [0.05, 0.1) is 25.5 Å². The average molecular weight is 278 g/mol. The van der Waals surface area contributed by atoms with E-state index in [2.05, 4.69) is 9.69 Å². The van der Waals surface area contributed by atoms with Crippen molar-refractivity contribution in [2.24, 2.45) is 0 Å². The van der Waals surface area contributed by atoms with Crippen molar-refractivity contribution in [2.75, 3.05) is 19.5 Å². The molecule has 0 bridgehead atoms. The van der Waals surface area contributed by atoms with E-state index in [-0.39, 0.29) is 5.91 Å². The van der Waals surface area contributed by atoms with E-state index >= 15 is 0 Å². The molecule has 0 radical (unpaired) electrons. The first-order valence-corrected chi connectivity index (χ1v) is 6.38. The normalized spacial score (nSPS) is 10.1. The summed E-state index contributed by atoms with van der Waals surface area (Å²) in [5, 5.41) is 3.50. The maximum absolute atomic E-state index is 12.1. The van der Waals surface area contributed by atoms with Crippen molar-refractivity contribution >= 4 is 22.4 Å². The van der Waals surface area contributed by atoms with Crippen molar-refractivity contribution in [1.29, 1.82) is 0 Å². The average Bonchev–Trinajstić information content (AvgIpc) is 2.83. The Hall–Kier alpha value is -2.08. The molecule has 0 saturated carbocycles. The Kier molecular flexibility index (Phi) is 4.01. The minimum absolute atomic E-state index is 0.233. The lowest BCUT2D eigenvalue weighted by Gasteiger charge is -2.09. The lowest BCUT2D eigenvalue weighted by Crippen LogP contribution is -2.12. The molecule has 0 saturated heterocycles. The largest absolute Gasteiger partial charge is 0.497 e. The van der Waals surface area contributed by atoms with Gasteiger partial charge in [0, 0.05) is 6.07 Å². The van der Waals surface area contributed by atoms with E-state index < -0.39 is 0 Å². The zero-order valence-corrected chi connectivity index (χ0v) is 11.7. The van der Waals surface area contributed by atoms with Crippen LogP contribution < -0.4 is 14.8 Å². The first kappa shape index (κ1) is 13.4. The van der Waals surface area contributed by atoms with Crippen LogP contribution in [-0.2, 0) is 0 Å². The molecule has 0 fully saturated rings. The van der Waals surface area contributed by atoms with Crippen LogP contribution >= 0.6 is 11.5 Å². The fraction of sp³-hybridized carbons (Fsp3) is 0.231. The molecular weight excluding hydrogens is 264 g/mol. The molecule has 0 unspecified atom stereocenters.